The molecule has 0 radical (unpaired) electrons. The van der Waals surface area contributed by atoms with Crippen LogP contribution in [0.1, 0.15) is 55.9 Å². The van der Waals surface area contributed by atoms with Crippen molar-refractivity contribution in [3.05, 3.63) is 34.2 Å². The van der Waals surface area contributed by atoms with Gasteiger partial charge in [0.1, 0.15) is 0 Å². The minimum atomic E-state index is -0.511. The normalized spacial score (nSPS) is 34.3. The third-order valence-electron chi connectivity index (χ3n) is 6.46. The molecule has 0 bridgehead atoms. The van der Waals surface area contributed by atoms with Crippen molar-refractivity contribution in [2.24, 2.45) is 11.3 Å². The SMILES string of the molecule is CC(C)C1N(C)CC12C[C@@H](O)[C@H](NC(=O)c1ccc(=O)n(C3CC3)c1)C2. The van der Waals surface area contributed by atoms with Gasteiger partial charge in [0, 0.05) is 36.3 Å². The van der Waals surface area contributed by atoms with E-state index in [1.807, 2.05) is 0 Å². The highest BCUT2D eigenvalue weighted by atomic mass is 16.3. The summed E-state index contributed by atoms with van der Waals surface area (Å²) >= 11 is 0. The van der Waals surface area contributed by atoms with Crippen molar-refractivity contribution in [2.45, 2.75) is 63.8 Å². The first kappa shape index (κ1) is 17.7. The van der Waals surface area contributed by atoms with Crippen molar-refractivity contribution in [3.63, 3.8) is 0 Å². The fourth-order valence-electron chi connectivity index (χ4n) is 5.52. The summed E-state index contributed by atoms with van der Waals surface area (Å²) in [6, 6.07) is 3.53. The van der Waals surface area contributed by atoms with Crippen LogP contribution in [0.3, 0.4) is 0 Å². The fourth-order valence-corrected chi connectivity index (χ4v) is 5.52. The molecule has 1 spiro atoms. The van der Waals surface area contributed by atoms with Gasteiger partial charge in [-0.1, -0.05) is 13.8 Å². The Kier molecular flexibility index (Phi) is 4.23. The molecule has 3 fully saturated rings. The Morgan fingerprint density at radius 3 is 2.65 bits per heavy atom. The highest BCUT2D eigenvalue weighted by Gasteiger charge is 2.58. The lowest BCUT2D eigenvalue weighted by Crippen LogP contribution is -2.64. The molecule has 26 heavy (non-hydrogen) atoms. The summed E-state index contributed by atoms with van der Waals surface area (Å²) in [5, 5.41) is 13.6. The summed E-state index contributed by atoms with van der Waals surface area (Å²) in [7, 11) is 2.13. The molecule has 1 aliphatic heterocycles. The number of carbonyl (C=O) groups is 1. The van der Waals surface area contributed by atoms with E-state index in [-0.39, 0.29) is 29.0 Å². The van der Waals surface area contributed by atoms with Crippen molar-refractivity contribution in [3.8, 4) is 0 Å². The number of rotatable bonds is 4. The molecule has 2 saturated carbocycles. The third-order valence-corrected chi connectivity index (χ3v) is 6.46. The van der Waals surface area contributed by atoms with Crippen LogP contribution in [0.25, 0.3) is 0 Å². The number of hydrogen-bond donors (Lipinski definition) is 2. The minimum Gasteiger partial charge on any atom is -0.391 e. The number of amides is 1. The van der Waals surface area contributed by atoms with E-state index in [9.17, 15) is 14.7 Å². The number of aliphatic hydroxyl groups is 1. The van der Waals surface area contributed by atoms with Crippen LogP contribution in [-0.4, -0.2) is 52.3 Å². The Hall–Kier alpha value is -1.66. The first-order valence-electron chi connectivity index (χ1n) is 9.72. The van der Waals surface area contributed by atoms with Crippen molar-refractivity contribution >= 4 is 5.91 Å². The average Bonchev–Trinajstić information content (AvgIpc) is 3.33. The molecular formula is C20H29N3O3. The lowest BCUT2D eigenvalue weighted by Gasteiger charge is -2.57. The minimum absolute atomic E-state index is 0.0545. The maximum atomic E-state index is 12.7. The topological polar surface area (TPSA) is 74.6 Å². The van der Waals surface area contributed by atoms with Gasteiger partial charge in [0.15, 0.2) is 0 Å². The van der Waals surface area contributed by atoms with Crippen LogP contribution in [0.15, 0.2) is 23.1 Å². The predicted molar refractivity (Wildman–Crippen MR) is 99.2 cm³/mol. The highest BCUT2D eigenvalue weighted by Crippen LogP contribution is 2.52. The lowest BCUT2D eigenvalue weighted by molar-refractivity contribution is -0.0827. The molecule has 1 aromatic rings. The van der Waals surface area contributed by atoms with E-state index in [0.717, 1.165) is 32.2 Å². The van der Waals surface area contributed by atoms with Gasteiger partial charge in [-0.25, -0.2) is 0 Å². The monoisotopic (exact) mass is 359 g/mol. The number of carbonyl (C=O) groups excluding carboxylic acids is 1. The summed E-state index contributed by atoms with van der Waals surface area (Å²) in [5.74, 6) is 0.326. The van der Waals surface area contributed by atoms with E-state index >= 15 is 0 Å². The zero-order valence-electron chi connectivity index (χ0n) is 15.8. The first-order chi connectivity index (χ1) is 12.3. The van der Waals surface area contributed by atoms with E-state index in [4.69, 9.17) is 0 Å². The zero-order valence-corrected chi connectivity index (χ0v) is 15.8. The summed E-state index contributed by atoms with van der Waals surface area (Å²) in [6.45, 7) is 5.43. The maximum absolute atomic E-state index is 12.7. The van der Waals surface area contributed by atoms with Crippen molar-refractivity contribution in [2.75, 3.05) is 13.6 Å². The Bertz CT molecular complexity index is 765. The van der Waals surface area contributed by atoms with Gasteiger partial charge in [-0.3, -0.25) is 9.59 Å². The Balaban J connectivity index is 1.47. The van der Waals surface area contributed by atoms with E-state index in [1.54, 1.807) is 16.8 Å². The number of aliphatic hydroxyl groups excluding tert-OH is 1. The van der Waals surface area contributed by atoms with Gasteiger partial charge in [0.25, 0.3) is 11.5 Å². The Labute approximate surface area is 154 Å². The van der Waals surface area contributed by atoms with Crippen molar-refractivity contribution in [1.82, 2.24) is 14.8 Å². The van der Waals surface area contributed by atoms with Gasteiger partial charge in [0.2, 0.25) is 0 Å². The van der Waals surface area contributed by atoms with Crippen LogP contribution in [-0.2, 0) is 0 Å². The molecule has 0 aromatic carbocycles. The quantitative estimate of drug-likeness (QED) is 0.852. The number of nitrogens with zero attached hydrogens (tertiary/aromatic N) is 2. The van der Waals surface area contributed by atoms with Gasteiger partial charge >= 0.3 is 0 Å². The second kappa shape index (κ2) is 6.20. The van der Waals surface area contributed by atoms with Gasteiger partial charge < -0.3 is 19.9 Å². The Morgan fingerprint density at radius 1 is 1.31 bits per heavy atom. The van der Waals surface area contributed by atoms with E-state index in [1.165, 1.54) is 6.07 Å². The maximum Gasteiger partial charge on any atom is 0.253 e. The largest absolute Gasteiger partial charge is 0.391 e. The molecule has 2 aliphatic carbocycles. The lowest BCUT2D eigenvalue weighted by atomic mass is 9.66. The van der Waals surface area contributed by atoms with Crippen LogP contribution in [0.4, 0.5) is 0 Å². The van der Waals surface area contributed by atoms with E-state index in [2.05, 4.69) is 31.1 Å². The summed E-state index contributed by atoms with van der Waals surface area (Å²) < 4.78 is 1.66. The molecule has 1 aromatic heterocycles. The third kappa shape index (κ3) is 2.89. The van der Waals surface area contributed by atoms with Crippen LogP contribution in [0, 0.1) is 11.3 Å². The van der Waals surface area contributed by atoms with Crippen LogP contribution >= 0.6 is 0 Å². The molecule has 1 amide bonds. The molecule has 2 heterocycles. The molecule has 142 valence electrons. The molecule has 3 aliphatic rings. The first-order valence-corrected chi connectivity index (χ1v) is 9.72. The predicted octanol–water partition coefficient (Wildman–Crippen LogP) is 1.39. The molecule has 4 atom stereocenters. The van der Waals surface area contributed by atoms with Crippen molar-refractivity contribution < 1.29 is 9.90 Å². The number of likely N-dealkylation sites (tertiary alicyclic amines) is 1. The van der Waals surface area contributed by atoms with Crippen LogP contribution in [0.2, 0.25) is 0 Å². The second-order valence-corrected chi connectivity index (χ2v) is 8.92. The zero-order chi connectivity index (χ0) is 18.6. The molecule has 6 nitrogen and oxygen atoms in total. The van der Waals surface area contributed by atoms with Gasteiger partial charge in [-0.05, 0) is 44.7 Å². The molecule has 2 unspecified atom stereocenters. The number of hydrogen-bond acceptors (Lipinski definition) is 4. The van der Waals surface area contributed by atoms with E-state index in [0.29, 0.717) is 17.5 Å². The molecule has 4 rings (SSSR count). The smallest absolute Gasteiger partial charge is 0.253 e. The molecule has 6 heteroatoms. The highest BCUT2D eigenvalue weighted by molar-refractivity contribution is 5.94. The average molecular weight is 359 g/mol. The number of pyridine rings is 1. The van der Waals surface area contributed by atoms with Crippen LogP contribution in [0.5, 0.6) is 0 Å². The molecular weight excluding hydrogens is 330 g/mol. The Morgan fingerprint density at radius 2 is 2.04 bits per heavy atom. The summed E-state index contributed by atoms with van der Waals surface area (Å²) in [4.78, 5) is 27.0. The van der Waals surface area contributed by atoms with Crippen molar-refractivity contribution in [1.29, 1.82) is 0 Å². The van der Waals surface area contributed by atoms with Gasteiger partial charge in [0.05, 0.1) is 17.7 Å². The van der Waals surface area contributed by atoms with Gasteiger partial charge in [-0.2, -0.15) is 0 Å². The summed E-state index contributed by atoms with van der Waals surface area (Å²) in [5.41, 5.74) is 0.546. The van der Waals surface area contributed by atoms with Crippen LogP contribution < -0.4 is 10.9 Å². The van der Waals surface area contributed by atoms with E-state index < -0.39 is 6.10 Å². The fraction of sp³-hybridized carbons (Fsp3) is 0.700. The van der Waals surface area contributed by atoms with Gasteiger partial charge in [-0.15, -0.1) is 0 Å². The standard InChI is InChI=1S/C20H29N3O3/c1-12(2)18-20(11-22(18)3)8-15(16(24)9-20)21-19(26)13-4-7-17(25)23(10-13)14-5-6-14/h4,7,10,12,14-16,18,24H,5-6,8-9,11H2,1-3H3,(H,21,26)/t15-,16-,18?,20?/m1/s1. The molecule has 2 N–H and O–H groups in total. The summed E-state index contributed by atoms with van der Waals surface area (Å²) in [6.07, 6.45) is 4.71. The molecule has 1 saturated heterocycles. The number of nitrogens with one attached hydrogen (secondary N) is 1. The number of aromatic nitrogens is 1. The second-order valence-electron chi connectivity index (χ2n) is 8.92.